The number of aryl methyl sites for hydroxylation is 1. The van der Waals surface area contributed by atoms with Crippen LogP contribution in [0.2, 0.25) is 0 Å². The summed E-state index contributed by atoms with van der Waals surface area (Å²) in [6.45, 7) is 1.94. The van der Waals surface area contributed by atoms with Crippen molar-refractivity contribution >= 4 is 7.32 Å². The van der Waals surface area contributed by atoms with Gasteiger partial charge < -0.3 is 19.6 Å². The van der Waals surface area contributed by atoms with Crippen LogP contribution in [0.5, 0.6) is 5.75 Å². The molecule has 0 spiro atoms. The molecule has 1 rings (SSSR count). The lowest BCUT2D eigenvalue weighted by Gasteiger charge is -2.03. The minimum Gasteiger partial charge on any atom is -0.512 e. The molecule has 0 aliphatic carbocycles. The molecule has 0 unspecified atom stereocenters. The molecular weight excluding hydrogens is 193 g/mol. The van der Waals surface area contributed by atoms with Crippen LogP contribution in [0.25, 0.3) is 0 Å². The summed E-state index contributed by atoms with van der Waals surface area (Å²) in [7, 11) is 4.26. The van der Waals surface area contributed by atoms with Crippen LogP contribution < -0.4 is 4.65 Å². The van der Waals surface area contributed by atoms with Crippen molar-refractivity contribution in [3.8, 4) is 5.75 Å². The topological polar surface area (TPSA) is 52.9 Å². The van der Waals surface area contributed by atoms with Gasteiger partial charge in [-0.3, -0.25) is 0 Å². The standard InChI is InChI=1S/C7H9BO3.C3H9N/c1-6-2-4-7(5-3-6)11-8(9)10;1-4(2)3/h2-5,9-10H,1H3;1-3H3. The highest BCUT2D eigenvalue weighted by Crippen LogP contribution is 2.10. The molecule has 0 aliphatic heterocycles. The average Bonchev–Trinajstić information content (AvgIpc) is 2.07. The molecule has 0 heterocycles. The molecule has 0 radical (unpaired) electrons. The largest absolute Gasteiger partial charge is 0.707 e. The molecular formula is C10H18BNO3. The summed E-state index contributed by atoms with van der Waals surface area (Å²) in [4.78, 5) is 2.00. The summed E-state index contributed by atoms with van der Waals surface area (Å²) >= 11 is 0. The van der Waals surface area contributed by atoms with E-state index in [1.807, 2.05) is 45.1 Å². The first-order chi connectivity index (χ1) is 6.91. The molecule has 4 nitrogen and oxygen atoms in total. The second-order valence-electron chi connectivity index (χ2n) is 3.60. The van der Waals surface area contributed by atoms with Crippen molar-refractivity contribution in [3.05, 3.63) is 29.8 Å². The molecule has 0 saturated carbocycles. The molecule has 5 heteroatoms. The third kappa shape index (κ3) is 9.27. The number of hydrogen-bond acceptors (Lipinski definition) is 4. The number of benzene rings is 1. The second-order valence-corrected chi connectivity index (χ2v) is 3.60. The van der Waals surface area contributed by atoms with E-state index < -0.39 is 7.32 Å². The highest BCUT2D eigenvalue weighted by atomic mass is 16.6. The lowest BCUT2D eigenvalue weighted by atomic mass is 10.2. The first kappa shape index (κ1) is 14.0. The SMILES string of the molecule is CN(C)C.Cc1ccc(OB(O)O)cc1. The van der Waals surface area contributed by atoms with Gasteiger partial charge in [-0.2, -0.15) is 0 Å². The lowest BCUT2D eigenvalue weighted by Crippen LogP contribution is -2.20. The zero-order valence-electron chi connectivity index (χ0n) is 9.64. The summed E-state index contributed by atoms with van der Waals surface area (Å²) in [6, 6.07) is 7.01. The molecule has 0 fully saturated rings. The zero-order valence-corrected chi connectivity index (χ0v) is 9.64. The Labute approximate surface area is 91.3 Å². The quantitative estimate of drug-likeness (QED) is 0.700. The first-order valence-corrected chi connectivity index (χ1v) is 4.62. The van der Waals surface area contributed by atoms with Gasteiger partial charge in [0, 0.05) is 0 Å². The van der Waals surface area contributed by atoms with E-state index in [0.717, 1.165) is 5.56 Å². The molecule has 0 amide bonds. The first-order valence-electron chi connectivity index (χ1n) is 4.62. The Morgan fingerprint density at radius 1 is 1.07 bits per heavy atom. The van der Waals surface area contributed by atoms with Gasteiger partial charge in [-0.1, -0.05) is 17.7 Å². The second kappa shape index (κ2) is 7.28. The van der Waals surface area contributed by atoms with Crippen molar-refractivity contribution in [1.29, 1.82) is 0 Å². The highest BCUT2D eigenvalue weighted by Gasteiger charge is 2.09. The van der Waals surface area contributed by atoms with Crippen molar-refractivity contribution in [3.63, 3.8) is 0 Å². The van der Waals surface area contributed by atoms with E-state index in [-0.39, 0.29) is 0 Å². The van der Waals surface area contributed by atoms with E-state index in [9.17, 15) is 0 Å². The smallest absolute Gasteiger partial charge is 0.512 e. The molecule has 0 bridgehead atoms. The van der Waals surface area contributed by atoms with E-state index in [1.54, 1.807) is 12.1 Å². The Balaban J connectivity index is 0.000000423. The summed E-state index contributed by atoms with van der Waals surface area (Å²) < 4.78 is 4.58. The molecule has 0 atom stereocenters. The van der Waals surface area contributed by atoms with Gasteiger partial charge in [-0.15, -0.1) is 0 Å². The van der Waals surface area contributed by atoms with Crippen LogP contribution in [-0.4, -0.2) is 43.4 Å². The normalized spacial score (nSPS) is 9.27. The van der Waals surface area contributed by atoms with Crippen LogP contribution in [-0.2, 0) is 0 Å². The monoisotopic (exact) mass is 211 g/mol. The van der Waals surface area contributed by atoms with E-state index >= 15 is 0 Å². The third-order valence-electron chi connectivity index (χ3n) is 1.26. The van der Waals surface area contributed by atoms with Gasteiger partial charge >= 0.3 is 7.32 Å². The van der Waals surface area contributed by atoms with Crippen molar-refractivity contribution in [1.82, 2.24) is 4.90 Å². The molecule has 1 aromatic rings. The van der Waals surface area contributed by atoms with Gasteiger partial charge in [0.25, 0.3) is 0 Å². The van der Waals surface area contributed by atoms with Gasteiger partial charge in [0.2, 0.25) is 0 Å². The van der Waals surface area contributed by atoms with Crippen LogP contribution in [0.1, 0.15) is 5.56 Å². The Morgan fingerprint density at radius 2 is 1.47 bits per heavy atom. The van der Waals surface area contributed by atoms with Crippen molar-refractivity contribution in [2.75, 3.05) is 21.1 Å². The maximum absolute atomic E-state index is 8.41. The molecule has 84 valence electrons. The fourth-order valence-corrected chi connectivity index (χ4v) is 0.739. The maximum Gasteiger partial charge on any atom is 0.707 e. The molecule has 15 heavy (non-hydrogen) atoms. The summed E-state index contributed by atoms with van der Waals surface area (Å²) in [5, 5.41) is 16.8. The average molecular weight is 211 g/mol. The molecule has 0 aliphatic rings. The highest BCUT2D eigenvalue weighted by molar-refractivity contribution is 6.33. The maximum atomic E-state index is 8.41. The van der Waals surface area contributed by atoms with Crippen LogP contribution in [0, 0.1) is 6.92 Å². The molecule has 0 saturated heterocycles. The van der Waals surface area contributed by atoms with E-state index in [0.29, 0.717) is 5.75 Å². The summed E-state index contributed by atoms with van der Waals surface area (Å²) in [6.07, 6.45) is 0. The van der Waals surface area contributed by atoms with E-state index in [2.05, 4.69) is 4.65 Å². The minimum absolute atomic E-state index is 0.450. The van der Waals surface area contributed by atoms with E-state index in [1.165, 1.54) is 0 Å². The van der Waals surface area contributed by atoms with Gasteiger partial charge in [0.15, 0.2) is 0 Å². The lowest BCUT2D eigenvalue weighted by molar-refractivity contribution is 0.288. The Morgan fingerprint density at radius 3 is 1.80 bits per heavy atom. The Kier molecular flexibility index (Phi) is 6.78. The predicted molar refractivity (Wildman–Crippen MR) is 61.6 cm³/mol. The number of hydrogen-bond donors (Lipinski definition) is 2. The number of nitrogens with zero attached hydrogens (tertiary/aromatic N) is 1. The molecule has 0 aromatic heterocycles. The van der Waals surface area contributed by atoms with Gasteiger partial charge in [-0.25, -0.2) is 0 Å². The third-order valence-corrected chi connectivity index (χ3v) is 1.26. The number of rotatable bonds is 2. The van der Waals surface area contributed by atoms with Crippen molar-refractivity contribution < 1.29 is 14.7 Å². The van der Waals surface area contributed by atoms with Gasteiger partial charge in [0.1, 0.15) is 5.75 Å². The zero-order chi connectivity index (χ0) is 11.8. The summed E-state index contributed by atoms with van der Waals surface area (Å²) in [5.41, 5.74) is 1.10. The fourth-order valence-electron chi connectivity index (χ4n) is 0.739. The molecule has 1 aromatic carbocycles. The molecule has 2 N–H and O–H groups in total. The van der Waals surface area contributed by atoms with Crippen LogP contribution >= 0.6 is 0 Å². The van der Waals surface area contributed by atoms with Crippen LogP contribution in [0.3, 0.4) is 0 Å². The van der Waals surface area contributed by atoms with Crippen LogP contribution in [0.4, 0.5) is 0 Å². The Hall–Kier alpha value is -1.04. The van der Waals surface area contributed by atoms with Gasteiger partial charge in [-0.05, 0) is 40.2 Å². The Bertz CT molecular complexity index is 259. The minimum atomic E-state index is -1.74. The fraction of sp³-hybridized carbons (Fsp3) is 0.400. The van der Waals surface area contributed by atoms with Crippen molar-refractivity contribution in [2.24, 2.45) is 0 Å². The van der Waals surface area contributed by atoms with Crippen molar-refractivity contribution in [2.45, 2.75) is 6.92 Å². The summed E-state index contributed by atoms with van der Waals surface area (Å²) in [5.74, 6) is 0.450. The van der Waals surface area contributed by atoms with E-state index in [4.69, 9.17) is 10.0 Å². The van der Waals surface area contributed by atoms with Gasteiger partial charge in [0.05, 0.1) is 0 Å². The van der Waals surface area contributed by atoms with Crippen LogP contribution in [0.15, 0.2) is 24.3 Å². The predicted octanol–water partition coefficient (Wildman–Crippen LogP) is 0.521.